The van der Waals surface area contributed by atoms with E-state index in [1.54, 1.807) is 0 Å². The van der Waals surface area contributed by atoms with Crippen LogP contribution in [0.2, 0.25) is 5.02 Å². The quantitative estimate of drug-likeness (QED) is 0.799. The van der Waals surface area contributed by atoms with E-state index in [0.29, 0.717) is 6.04 Å². The van der Waals surface area contributed by atoms with Gasteiger partial charge in [-0.3, -0.25) is 0 Å². The molecule has 0 bridgehead atoms. The molecule has 1 fully saturated rings. The van der Waals surface area contributed by atoms with Gasteiger partial charge in [0.25, 0.3) is 0 Å². The van der Waals surface area contributed by atoms with Crippen molar-refractivity contribution in [1.82, 2.24) is 5.32 Å². The van der Waals surface area contributed by atoms with Crippen LogP contribution in [0.4, 0.5) is 0 Å². The molecule has 0 radical (unpaired) electrons. The van der Waals surface area contributed by atoms with E-state index in [-0.39, 0.29) is 5.60 Å². The Kier molecular flexibility index (Phi) is 6.09. The summed E-state index contributed by atoms with van der Waals surface area (Å²) in [4.78, 5) is 0. The van der Waals surface area contributed by atoms with E-state index < -0.39 is 0 Å². The molecule has 2 rings (SSSR count). The normalized spacial score (nSPS) is 18.9. The number of rotatable bonds is 7. The molecule has 0 spiro atoms. The van der Waals surface area contributed by atoms with E-state index in [1.165, 1.54) is 24.0 Å². The van der Waals surface area contributed by atoms with Crippen LogP contribution in [0.1, 0.15) is 50.7 Å². The van der Waals surface area contributed by atoms with Crippen molar-refractivity contribution < 1.29 is 4.74 Å². The molecule has 1 aliphatic rings. The fourth-order valence-electron chi connectivity index (χ4n) is 3.58. The highest BCUT2D eigenvalue weighted by Gasteiger charge is 2.41. The zero-order chi connectivity index (χ0) is 15.3. The van der Waals surface area contributed by atoms with Crippen molar-refractivity contribution in [2.24, 2.45) is 0 Å². The Morgan fingerprint density at radius 3 is 2.57 bits per heavy atom. The summed E-state index contributed by atoms with van der Waals surface area (Å²) in [7, 11) is 0. The van der Waals surface area contributed by atoms with Gasteiger partial charge >= 0.3 is 0 Å². The second kappa shape index (κ2) is 7.62. The van der Waals surface area contributed by atoms with Gasteiger partial charge in [-0.2, -0.15) is 0 Å². The van der Waals surface area contributed by atoms with Gasteiger partial charge in [0.15, 0.2) is 0 Å². The number of hydrogen-bond acceptors (Lipinski definition) is 2. The second-order valence-electron chi connectivity index (χ2n) is 6.11. The average molecular weight is 310 g/mol. The predicted octanol–water partition coefficient (Wildman–Crippen LogP) is 4.52. The van der Waals surface area contributed by atoms with E-state index in [1.807, 2.05) is 0 Å². The summed E-state index contributed by atoms with van der Waals surface area (Å²) in [5, 5.41) is 4.53. The SMILES string of the molecule is CCNC(Cc1ccc(C)cc1Cl)C1(OCC)CCCC1. The maximum Gasteiger partial charge on any atom is 0.0837 e. The van der Waals surface area contributed by atoms with Crippen molar-refractivity contribution in [1.29, 1.82) is 0 Å². The highest BCUT2D eigenvalue weighted by Crippen LogP contribution is 2.38. The third-order valence-electron chi connectivity index (χ3n) is 4.60. The van der Waals surface area contributed by atoms with E-state index in [9.17, 15) is 0 Å². The summed E-state index contributed by atoms with van der Waals surface area (Å²) < 4.78 is 6.24. The Labute approximate surface area is 134 Å². The van der Waals surface area contributed by atoms with Crippen molar-refractivity contribution >= 4 is 11.6 Å². The van der Waals surface area contributed by atoms with Crippen LogP contribution in [0, 0.1) is 6.92 Å². The molecule has 2 nitrogen and oxygen atoms in total. The van der Waals surface area contributed by atoms with Crippen LogP contribution in [0.25, 0.3) is 0 Å². The molecule has 1 saturated carbocycles. The number of hydrogen-bond donors (Lipinski definition) is 1. The lowest BCUT2D eigenvalue weighted by Gasteiger charge is -2.38. The summed E-state index contributed by atoms with van der Waals surface area (Å²) >= 11 is 6.43. The van der Waals surface area contributed by atoms with Crippen LogP contribution in [-0.4, -0.2) is 24.8 Å². The molecule has 1 atom stereocenters. The number of aryl methyl sites for hydroxylation is 1. The molecule has 21 heavy (non-hydrogen) atoms. The molecule has 1 unspecified atom stereocenters. The topological polar surface area (TPSA) is 21.3 Å². The highest BCUT2D eigenvalue weighted by atomic mass is 35.5. The summed E-state index contributed by atoms with van der Waals surface area (Å²) in [6.45, 7) is 8.09. The Bertz CT molecular complexity index is 455. The first-order chi connectivity index (χ1) is 10.1. The van der Waals surface area contributed by atoms with Crippen LogP contribution in [0.5, 0.6) is 0 Å². The fourth-order valence-corrected chi connectivity index (χ4v) is 3.89. The lowest BCUT2D eigenvalue weighted by Crippen LogP contribution is -2.52. The summed E-state index contributed by atoms with van der Waals surface area (Å²) in [6.07, 6.45) is 5.78. The molecular weight excluding hydrogens is 282 g/mol. The van der Waals surface area contributed by atoms with Gasteiger partial charge in [0, 0.05) is 17.7 Å². The van der Waals surface area contributed by atoms with Crippen molar-refractivity contribution in [2.45, 2.75) is 64.5 Å². The molecule has 1 N–H and O–H groups in total. The molecule has 0 amide bonds. The summed E-state index contributed by atoms with van der Waals surface area (Å²) in [5.74, 6) is 0. The lowest BCUT2D eigenvalue weighted by atomic mass is 9.87. The van der Waals surface area contributed by atoms with Crippen LogP contribution < -0.4 is 5.32 Å². The zero-order valence-electron chi connectivity index (χ0n) is 13.5. The number of nitrogens with one attached hydrogen (secondary N) is 1. The van der Waals surface area contributed by atoms with Gasteiger partial charge in [0.2, 0.25) is 0 Å². The number of ether oxygens (including phenoxy) is 1. The van der Waals surface area contributed by atoms with Crippen molar-refractivity contribution in [3.8, 4) is 0 Å². The standard InChI is InChI=1S/C18H28ClNO/c1-4-20-17(18(21-5-2)10-6-7-11-18)13-15-9-8-14(3)12-16(15)19/h8-9,12,17,20H,4-7,10-11,13H2,1-3H3. The first-order valence-corrected chi connectivity index (χ1v) is 8.61. The van der Waals surface area contributed by atoms with E-state index in [4.69, 9.17) is 16.3 Å². The van der Waals surface area contributed by atoms with Crippen molar-refractivity contribution in [2.75, 3.05) is 13.2 Å². The van der Waals surface area contributed by atoms with Crippen LogP contribution in [0.3, 0.4) is 0 Å². The molecule has 0 aliphatic heterocycles. The maximum atomic E-state index is 6.43. The smallest absolute Gasteiger partial charge is 0.0837 e. The van der Waals surface area contributed by atoms with E-state index in [2.05, 4.69) is 44.3 Å². The molecule has 0 aromatic heterocycles. The maximum absolute atomic E-state index is 6.43. The minimum atomic E-state index is -0.0149. The molecule has 1 aliphatic carbocycles. The number of likely N-dealkylation sites (N-methyl/N-ethyl adjacent to an activating group) is 1. The fraction of sp³-hybridized carbons (Fsp3) is 0.667. The highest BCUT2D eigenvalue weighted by molar-refractivity contribution is 6.31. The van der Waals surface area contributed by atoms with Gasteiger partial charge in [-0.15, -0.1) is 0 Å². The third-order valence-corrected chi connectivity index (χ3v) is 4.95. The van der Waals surface area contributed by atoms with Gasteiger partial charge in [-0.05, 0) is 56.8 Å². The zero-order valence-corrected chi connectivity index (χ0v) is 14.3. The summed E-state index contributed by atoms with van der Waals surface area (Å²) in [6, 6.07) is 6.70. The minimum absolute atomic E-state index is 0.0149. The van der Waals surface area contributed by atoms with E-state index >= 15 is 0 Å². The minimum Gasteiger partial charge on any atom is -0.374 e. The Morgan fingerprint density at radius 2 is 2.00 bits per heavy atom. The molecular formula is C18H28ClNO. The molecule has 1 aromatic carbocycles. The van der Waals surface area contributed by atoms with Crippen molar-refractivity contribution in [3.05, 3.63) is 34.3 Å². The molecule has 0 saturated heterocycles. The molecule has 1 aromatic rings. The first kappa shape index (κ1) is 16.8. The van der Waals surface area contributed by atoms with Crippen LogP contribution >= 0.6 is 11.6 Å². The largest absolute Gasteiger partial charge is 0.374 e. The van der Waals surface area contributed by atoms with Crippen LogP contribution in [0.15, 0.2) is 18.2 Å². The van der Waals surface area contributed by atoms with Crippen molar-refractivity contribution in [3.63, 3.8) is 0 Å². The van der Waals surface area contributed by atoms with Gasteiger partial charge in [-0.25, -0.2) is 0 Å². The van der Waals surface area contributed by atoms with E-state index in [0.717, 1.165) is 37.4 Å². The molecule has 118 valence electrons. The van der Waals surface area contributed by atoms with Gasteiger partial charge in [0.05, 0.1) is 5.60 Å². The Morgan fingerprint density at radius 1 is 1.29 bits per heavy atom. The third kappa shape index (κ3) is 4.00. The lowest BCUT2D eigenvalue weighted by molar-refractivity contribution is -0.0609. The van der Waals surface area contributed by atoms with Gasteiger partial charge in [-0.1, -0.05) is 43.5 Å². The first-order valence-electron chi connectivity index (χ1n) is 8.23. The monoisotopic (exact) mass is 309 g/mol. The molecule has 3 heteroatoms. The summed E-state index contributed by atoms with van der Waals surface area (Å²) in [5.41, 5.74) is 2.42. The number of halogens is 1. The predicted molar refractivity (Wildman–Crippen MR) is 90.2 cm³/mol. The van der Waals surface area contributed by atoms with Gasteiger partial charge in [0.1, 0.15) is 0 Å². The second-order valence-corrected chi connectivity index (χ2v) is 6.52. The van der Waals surface area contributed by atoms with Crippen LogP contribution in [-0.2, 0) is 11.2 Å². The average Bonchev–Trinajstić information content (AvgIpc) is 2.91. The van der Waals surface area contributed by atoms with Gasteiger partial charge < -0.3 is 10.1 Å². The number of benzene rings is 1. The molecule has 0 heterocycles. The Balaban J connectivity index is 2.21. The Hall–Kier alpha value is -0.570.